The van der Waals surface area contributed by atoms with Gasteiger partial charge in [-0.2, -0.15) is 0 Å². The Morgan fingerprint density at radius 1 is 1.52 bits per heavy atom. The van der Waals surface area contributed by atoms with E-state index in [9.17, 15) is 14.7 Å². The third kappa shape index (κ3) is 3.43. The van der Waals surface area contributed by atoms with Gasteiger partial charge in [-0.25, -0.2) is 0 Å². The fourth-order valence-electron chi connectivity index (χ4n) is 1.79. The summed E-state index contributed by atoms with van der Waals surface area (Å²) in [6.07, 6.45) is 1.65. The highest BCUT2D eigenvalue weighted by molar-refractivity contribution is 8.26. The van der Waals surface area contributed by atoms with E-state index in [4.69, 9.17) is 17.0 Å². The lowest BCUT2D eigenvalue weighted by Crippen LogP contribution is -2.32. The first-order valence-corrected chi connectivity index (χ1v) is 7.26. The third-order valence-electron chi connectivity index (χ3n) is 2.76. The standard InChI is InChI=1S/C14H13NO4S2/c1-8(16)7-15-13(18)12(21-14(15)20)6-9-3-4-10(17)11(5-9)19-2/h3-6,17H,7H2,1-2H3/b12-6-. The molecule has 1 aromatic carbocycles. The van der Waals surface area contributed by atoms with Crippen LogP contribution in [0.25, 0.3) is 6.08 Å². The van der Waals surface area contributed by atoms with Crippen LogP contribution in [-0.4, -0.2) is 39.7 Å². The summed E-state index contributed by atoms with van der Waals surface area (Å²) in [5.41, 5.74) is 0.702. The van der Waals surface area contributed by atoms with Crippen molar-refractivity contribution in [2.24, 2.45) is 0 Å². The number of thiocarbonyl (C=S) groups is 1. The van der Waals surface area contributed by atoms with Gasteiger partial charge in [0.05, 0.1) is 18.6 Å². The SMILES string of the molecule is COc1cc(/C=C2\SC(=S)N(CC(C)=O)C2=O)ccc1O. The number of ether oxygens (including phenoxy) is 1. The van der Waals surface area contributed by atoms with Gasteiger partial charge in [-0.1, -0.05) is 30.0 Å². The Morgan fingerprint density at radius 3 is 2.86 bits per heavy atom. The highest BCUT2D eigenvalue weighted by atomic mass is 32.2. The molecule has 1 aliphatic heterocycles. The van der Waals surface area contributed by atoms with Crippen LogP contribution in [0.1, 0.15) is 12.5 Å². The zero-order valence-corrected chi connectivity index (χ0v) is 13.1. The maximum absolute atomic E-state index is 12.2. The normalized spacial score (nSPS) is 16.7. The van der Waals surface area contributed by atoms with E-state index in [-0.39, 0.29) is 24.0 Å². The Balaban J connectivity index is 2.28. The fourth-order valence-corrected chi connectivity index (χ4v) is 3.05. The molecule has 1 aromatic rings. The zero-order chi connectivity index (χ0) is 15.6. The predicted molar refractivity (Wildman–Crippen MR) is 85.2 cm³/mol. The van der Waals surface area contributed by atoms with E-state index in [0.29, 0.717) is 20.5 Å². The molecule has 1 saturated heterocycles. The van der Waals surface area contributed by atoms with Crippen molar-refractivity contribution in [2.45, 2.75) is 6.92 Å². The molecule has 0 spiro atoms. The minimum absolute atomic E-state index is 0.0130. The number of thioether (sulfide) groups is 1. The first-order chi connectivity index (χ1) is 9.92. The number of rotatable bonds is 4. The van der Waals surface area contributed by atoms with E-state index in [1.807, 2.05) is 0 Å². The second-order valence-corrected chi connectivity index (χ2v) is 6.08. The number of aromatic hydroxyl groups is 1. The van der Waals surface area contributed by atoms with Crippen LogP contribution in [0.2, 0.25) is 0 Å². The first kappa shape index (κ1) is 15.5. The monoisotopic (exact) mass is 323 g/mol. The van der Waals surface area contributed by atoms with Crippen LogP contribution in [0.5, 0.6) is 11.5 Å². The minimum Gasteiger partial charge on any atom is -0.504 e. The average Bonchev–Trinajstić information content (AvgIpc) is 2.68. The van der Waals surface area contributed by atoms with Crippen LogP contribution in [-0.2, 0) is 9.59 Å². The molecule has 0 unspecified atom stereocenters. The number of hydrogen-bond donors (Lipinski definition) is 1. The first-order valence-electron chi connectivity index (χ1n) is 6.04. The number of phenols is 1. The van der Waals surface area contributed by atoms with Gasteiger partial charge in [0.25, 0.3) is 5.91 Å². The number of amides is 1. The molecule has 21 heavy (non-hydrogen) atoms. The average molecular weight is 323 g/mol. The Labute approximate surface area is 131 Å². The number of methoxy groups -OCH3 is 1. The number of ketones is 1. The second kappa shape index (κ2) is 6.28. The molecule has 1 N–H and O–H groups in total. The summed E-state index contributed by atoms with van der Waals surface area (Å²) in [6.45, 7) is 1.40. The van der Waals surface area contributed by atoms with Crippen LogP contribution in [0.3, 0.4) is 0 Å². The molecule has 1 amide bonds. The van der Waals surface area contributed by atoms with Gasteiger partial charge in [0.2, 0.25) is 0 Å². The quantitative estimate of drug-likeness (QED) is 0.677. The highest BCUT2D eigenvalue weighted by Crippen LogP contribution is 2.34. The molecule has 1 fully saturated rings. The molecule has 110 valence electrons. The number of carbonyl (C=O) groups is 2. The smallest absolute Gasteiger partial charge is 0.266 e. The lowest BCUT2D eigenvalue weighted by atomic mass is 10.2. The lowest BCUT2D eigenvalue weighted by Gasteiger charge is -2.11. The van der Waals surface area contributed by atoms with Crippen molar-refractivity contribution in [2.75, 3.05) is 13.7 Å². The van der Waals surface area contributed by atoms with Crippen LogP contribution < -0.4 is 4.74 Å². The molecule has 0 saturated carbocycles. The van der Waals surface area contributed by atoms with Gasteiger partial charge in [-0.3, -0.25) is 14.5 Å². The van der Waals surface area contributed by atoms with E-state index >= 15 is 0 Å². The predicted octanol–water partition coefficient (Wildman–Crippen LogP) is 2.19. The third-order valence-corrected chi connectivity index (χ3v) is 4.13. The Morgan fingerprint density at radius 2 is 2.24 bits per heavy atom. The van der Waals surface area contributed by atoms with Gasteiger partial charge >= 0.3 is 0 Å². The zero-order valence-electron chi connectivity index (χ0n) is 11.5. The van der Waals surface area contributed by atoms with Crippen molar-refractivity contribution in [3.8, 4) is 11.5 Å². The number of Topliss-reactive ketones (excluding diaryl/α,β-unsaturated/α-hetero) is 1. The van der Waals surface area contributed by atoms with Crippen molar-refractivity contribution < 1.29 is 19.4 Å². The van der Waals surface area contributed by atoms with E-state index in [2.05, 4.69) is 0 Å². The minimum atomic E-state index is -0.285. The molecule has 7 heteroatoms. The van der Waals surface area contributed by atoms with E-state index in [1.165, 1.54) is 25.0 Å². The molecule has 0 atom stereocenters. The molecule has 1 heterocycles. The van der Waals surface area contributed by atoms with Crippen LogP contribution in [0, 0.1) is 0 Å². The topological polar surface area (TPSA) is 66.8 Å². The summed E-state index contributed by atoms with van der Waals surface area (Å²) in [5.74, 6) is -0.0622. The number of hydrogen-bond acceptors (Lipinski definition) is 6. The van der Waals surface area contributed by atoms with Gasteiger partial charge in [0.1, 0.15) is 10.1 Å². The van der Waals surface area contributed by atoms with Gasteiger partial charge in [0.15, 0.2) is 11.5 Å². The fraction of sp³-hybridized carbons (Fsp3) is 0.214. The summed E-state index contributed by atoms with van der Waals surface area (Å²) in [7, 11) is 1.45. The van der Waals surface area contributed by atoms with Crippen molar-refractivity contribution in [1.29, 1.82) is 0 Å². The number of carbonyl (C=O) groups excluding carboxylic acids is 2. The Bertz CT molecular complexity index is 654. The summed E-state index contributed by atoms with van der Waals surface area (Å²) in [6, 6.07) is 4.77. The van der Waals surface area contributed by atoms with Crippen LogP contribution in [0.4, 0.5) is 0 Å². The van der Waals surface area contributed by atoms with E-state index < -0.39 is 0 Å². The maximum Gasteiger partial charge on any atom is 0.266 e. The largest absolute Gasteiger partial charge is 0.504 e. The van der Waals surface area contributed by atoms with Crippen LogP contribution >= 0.6 is 24.0 Å². The molecule has 0 aromatic heterocycles. The van der Waals surface area contributed by atoms with Gasteiger partial charge in [0, 0.05) is 0 Å². The lowest BCUT2D eigenvalue weighted by molar-refractivity contribution is -0.126. The van der Waals surface area contributed by atoms with Gasteiger partial charge in [-0.15, -0.1) is 0 Å². The van der Waals surface area contributed by atoms with Gasteiger partial charge in [-0.05, 0) is 30.7 Å². The molecule has 5 nitrogen and oxygen atoms in total. The molecule has 2 rings (SSSR count). The van der Waals surface area contributed by atoms with Crippen molar-refractivity contribution >= 4 is 46.1 Å². The molecule has 0 radical (unpaired) electrons. The van der Waals surface area contributed by atoms with Crippen LogP contribution in [0.15, 0.2) is 23.1 Å². The summed E-state index contributed by atoms with van der Waals surface area (Å²) < 4.78 is 5.39. The Kier molecular flexibility index (Phi) is 4.64. The van der Waals surface area contributed by atoms with Crippen molar-refractivity contribution in [1.82, 2.24) is 4.90 Å². The molecule has 0 aliphatic carbocycles. The second-order valence-electron chi connectivity index (χ2n) is 4.40. The highest BCUT2D eigenvalue weighted by Gasteiger charge is 2.32. The molecule has 1 aliphatic rings. The number of nitrogens with zero attached hydrogens (tertiary/aromatic N) is 1. The van der Waals surface area contributed by atoms with Crippen molar-refractivity contribution in [3.05, 3.63) is 28.7 Å². The van der Waals surface area contributed by atoms with E-state index in [1.54, 1.807) is 18.2 Å². The molecule has 0 bridgehead atoms. The molecular weight excluding hydrogens is 310 g/mol. The summed E-state index contributed by atoms with van der Waals surface area (Å²) in [4.78, 5) is 25.1. The number of phenolic OH excluding ortho intramolecular Hbond substituents is 1. The summed E-state index contributed by atoms with van der Waals surface area (Å²) >= 11 is 6.26. The Hall–Kier alpha value is -1.86. The van der Waals surface area contributed by atoms with E-state index in [0.717, 1.165) is 11.8 Å². The maximum atomic E-state index is 12.2. The van der Waals surface area contributed by atoms with Gasteiger partial charge < -0.3 is 9.84 Å². The number of benzene rings is 1. The summed E-state index contributed by atoms with van der Waals surface area (Å²) in [5, 5.41) is 9.55. The van der Waals surface area contributed by atoms with Crippen molar-refractivity contribution in [3.63, 3.8) is 0 Å². The molecular formula is C14H13NO4S2.